The second kappa shape index (κ2) is 11.6. The Labute approximate surface area is 239 Å². The summed E-state index contributed by atoms with van der Waals surface area (Å²) in [5, 5.41) is 3.56. The van der Waals surface area contributed by atoms with Crippen molar-refractivity contribution >= 4 is 35.3 Å². The summed E-state index contributed by atoms with van der Waals surface area (Å²) in [6.07, 6.45) is 1.88. The van der Waals surface area contributed by atoms with E-state index >= 15 is 0 Å². The van der Waals surface area contributed by atoms with Crippen molar-refractivity contribution in [1.82, 2.24) is 9.97 Å². The Morgan fingerprint density at radius 2 is 1.50 bits per heavy atom. The van der Waals surface area contributed by atoms with Crippen molar-refractivity contribution in [1.29, 1.82) is 0 Å². The van der Waals surface area contributed by atoms with Crippen LogP contribution in [0.4, 0.5) is 0 Å². The summed E-state index contributed by atoms with van der Waals surface area (Å²) in [6.45, 7) is 11.1. The van der Waals surface area contributed by atoms with Crippen molar-refractivity contribution < 1.29 is 24.5 Å². The number of hydrogen-bond acceptors (Lipinski definition) is 3. The molecular weight excluding hydrogens is 661 g/mol. The van der Waals surface area contributed by atoms with Crippen LogP contribution in [0.15, 0.2) is 95.5 Å². The maximum atomic E-state index is 5.93. The molecule has 193 valence electrons. The van der Waals surface area contributed by atoms with E-state index in [9.17, 15) is 0 Å². The van der Waals surface area contributed by atoms with Gasteiger partial charge in [-0.3, -0.25) is 4.98 Å². The molecule has 3 aromatic carbocycles. The summed E-state index contributed by atoms with van der Waals surface area (Å²) in [7, 11) is -1.46. The largest absolute Gasteiger partial charge is 0.439 e. The molecule has 3 heterocycles. The fraction of sp³-hybridized carbons (Fsp3) is 0.152. The Kier molecular flexibility index (Phi) is 8.42. The third-order valence-corrected chi connectivity index (χ3v) is 8.35. The number of benzene rings is 3. The first-order valence-corrected chi connectivity index (χ1v) is 16.0. The molecule has 1 radical (unpaired) electrons. The van der Waals surface area contributed by atoms with E-state index in [2.05, 4.69) is 86.1 Å². The topological polar surface area (TPSA) is 38.9 Å². The normalized spacial score (nSPS) is 11.1. The standard InChI is InChI=1S/C20H18NOSi.C13H12N.Ir/c1-23(2,3)19-11-7-5-9-16(19)17-13-12-15-14-8-4-6-10-18(14)22-20(15)21-17;1-10-3-6-12(7-4-10)13-8-5-11(2)9-14-13;/h4-8,10-13H,1-3H3;3-6,8-9H,1-2H3;/q2*-1;. The fourth-order valence-electron chi connectivity index (χ4n) is 4.31. The molecular formula is C33H30IrN2OSi-2. The van der Waals surface area contributed by atoms with Crippen molar-refractivity contribution in [3.05, 3.63) is 114 Å². The summed E-state index contributed by atoms with van der Waals surface area (Å²) < 4.78 is 5.93. The van der Waals surface area contributed by atoms with Crippen LogP contribution in [0.3, 0.4) is 0 Å². The molecule has 0 aliphatic carbocycles. The number of rotatable bonds is 3. The Hall–Kier alpha value is -3.37. The Bertz CT molecular complexity index is 1620. The van der Waals surface area contributed by atoms with E-state index in [0.717, 1.165) is 38.9 Å². The molecule has 0 aliphatic heterocycles. The van der Waals surface area contributed by atoms with Gasteiger partial charge in [-0.15, -0.1) is 70.4 Å². The van der Waals surface area contributed by atoms with E-state index in [4.69, 9.17) is 9.40 Å². The van der Waals surface area contributed by atoms with Gasteiger partial charge >= 0.3 is 0 Å². The molecule has 3 nitrogen and oxygen atoms in total. The maximum absolute atomic E-state index is 5.93. The predicted molar refractivity (Wildman–Crippen MR) is 157 cm³/mol. The first-order valence-electron chi connectivity index (χ1n) is 12.5. The molecule has 0 saturated heterocycles. The summed E-state index contributed by atoms with van der Waals surface area (Å²) >= 11 is 0. The van der Waals surface area contributed by atoms with Gasteiger partial charge in [-0.2, -0.15) is 0 Å². The Morgan fingerprint density at radius 3 is 2.21 bits per heavy atom. The molecule has 6 rings (SSSR count). The van der Waals surface area contributed by atoms with Crippen LogP contribution in [0.25, 0.3) is 44.6 Å². The van der Waals surface area contributed by atoms with Crippen LogP contribution in [0.5, 0.6) is 0 Å². The molecule has 0 N–H and O–H groups in total. The zero-order chi connectivity index (χ0) is 26.0. The van der Waals surface area contributed by atoms with Gasteiger partial charge in [-0.1, -0.05) is 69.0 Å². The second-order valence-corrected chi connectivity index (χ2v) is 15.4. The average Bonchev–Trinajstić information content (AvgIpc) is 3.27. The molecule has 0 bridgehead atoms. The molecule has 0 fully saturated rings. The van der Waals surface area contributed by atoms with Crippen LogP contribution >= 0.6 is 0 Å². The minimum absolute atomic E-state index is 0. The predicted octanol–water partition coefficient (Wildman–Crippen LogP) is 8.16. The van der Waals surface area contributed by atoms with Crippen molar-refractivity contribution in [2.45, 2.75) is 33.5 Å². The van der Waals surface area contributed by atoms with E-state index in [1.165, 1.54) is 16.3 Å². The maximum Gasteiger partial charge on any atom is 0.218 e. The van der Waals surface area contributed by atoms with Crippen LogP contribution in [-0.4, -0.2) is 18.0 Å². The van der Waals surface area contributed by atoms with E-state index < -0.39 is 8.07 Å². The van der Waals surface area contributed by atoms with Gasteiger partial charge in [0.05, 0.1) is 0 Å². The molecule has 0 unspecified atom stereocenters. The quantitative estimate of drug-likeness (QED) is 0.139. The number of furan rings is 1. The van der Waals surface area contributed by atoms with Gasteiger partial charge in [0.15, 0.2) is 0 Å². The van der Waals surface area contributed by atoms with Crippen LogP contribution < -0.4 is 5.19 Å². The molecule has 5 heteroatoms. The van der Waals surface area contributed by atoms with Crippen molar-refractivity contribution in [3.63, 3.8) is 0 Å². The number of pyridine rings is 2. The van der Waals surface area contributed by atoms with Crippen molar-refractivity contribution in [2.24, 2.45) is 0 Å². The number of nitrogens with zero attached hydrogens (tertiary/aromatic N) is 2. The summed E-state index contributed by atoms with van der Waals surface area (Å²) in [5.41, 5.74) is 8.06. The van der Waals surface area contributed by atoms with E-state index in [1.807, 2.05) is 55.6 Å². The molecule has 0 amide bonds. The number of fused-ring (bicyclic) bond motifs is 3. The number of aromatic nitrogens is 2. The van der Waals surface area contributed by atoms with Gasteiger partial charge in [-0.05, 0) is 29.9 Å². The zero-order valence-corrected chi connectivity index (χ0v) is 25.7. The van der Waals surface area contributed by atoms with E-state index in [0.29, 0.717) is 5.71 Å². The van der Waals surface area contributed by atoms with Gasteiger partial charge in [0, 0.05) is 45.1 Å². The molecule has 0 saturated carbocycles. The molecule has 0 atom stereocenters. The SMILES string of the molecule is C[Si](C)(C)c1ccc[c-]c1-c1ccc2c(n1)oc1ccccc12.Cc1c[c-]c(-c2ccc(C)cn2)cc1.[Ir]. The van der Waals surface area contributed by atoms with Crippen LogP contribution in [0.2, 0.25) is 19.6 Å². The number of para-hydroxylation sites is 1. The third kappa shape index (κ3) is 6.02. The van der Waals surface area contributed by atoms with Crippen LogP contribution in [-0.2, 0) is 20.1 Å². The zero-order valence-electron chi connectivity index (χ0n) is 22.3. The molecule has 0 aliphatic rings. The average molecular weight is 691 g/mol. The van der Waals surface area contributed by atoms with Gasteiger partial charge in [0.2, 0.25) is 5.71 Å². The summed E-state index contributed by atoms with van der Waals surface area (Å²) in [5.74, 6) is 0. The third-order valence-electron chi connectivity index (χ3n) is 6.32. The van der Waals surface area contributed by atoms with Gasteiger partial charge in [0.25, 0.3) is 0 Å². The van der Waals surface area contributed by atoms with Crippen LogP contribution in [0.1, 0.15) is 11.1 Å². The van der Waals surface area contributed by atoms with E-state index in [1.54, 1.807) is 0 Å². The minimum Gasteiger partial charge on any atom is -0.439 e. The first kappa shape index (κ1) is 27.7. The number of hydrogen-bond donors (Lipinski definition) is 0. The van der Waals surface area contributed by atoms with Crippen molar-refractivity contribution in [2.75, 3.05) is 0 Å². The van der Waals surface area contributed by atoms with Gasteiger partial charge < -0.3 is 9.40 Å². The smallest absolute Gasteiger partial charge is 0.218 e. The summed E-state index contributed by atoms with van der Waals surface area (Å²) in [4.78, 5) is 9.13. The monoisotopic (exact) mass is 691 g/mol. The Morgan fingerprint density at radius 1 is 0.737 bits per heavy atom. The number of aryl methyl sites for hydroxylation is 2. The minimum atomic E-state index is -1.46. The molecule has 0 spiro atoms. The second-order valence-electron chi connectivity index (χ2n) is 10.4. The first-order chi connectivity index (χ1) is 17.8. The Balaban J connectivity index is 0.000000193. The van der Waals surface area contributed by atoms with Gasteiger partial charge in [-0.25, -0.2) is 0 Å². The van der Waals surface area contributed by atoms with E-state index in [-0.39, 0.29) is 20.1 Å². The fourth-order valence-corrected chi connectivity index (χ4v) is 5.85. The van der Waals surface area contributed by atoms with Gasteiger partial charge in [0.1, 0.15) is 5.58 Å². The molecule has 38 heavy (non-hydrogen) atoms. The molecule has 3 aromatic heterocycles. The van der Waals surface area contributed by atoms with Crippen molar-refractivity contribution in [3.8, 4) is 22.5 Å². The molecule has 6 aromatic rings. The van der Waals surface area contributed by atoms with Crippen LogP contribution in [0, 0.1) is 26.0 Å². The summed E-state index contributed by atoms with van der Waals surface area (Å²) in [6, 6.07) is 35.3.